The van der Waals surface area contributed by atoms with E-state index >= 15 is 0 Å². The van der Waals surface area contributed by atoms with Crippen LogP contribution in [-0.4, -0.2) is 55.0 Å². The summed E-state index contributed by atoms with van der Waals surface area (Å²) in [5.74, 6) is 0. The first-order valence-corrected chi connectivity index (χ1v) is 8.23. The summed E-state index contributed by atoms with van der Waals surface area (Å²) >= 11 is 0. The van der Waals surface area contributed by atoms with Crippen LogP contribution in [-0.2, 0) is 25.3 Å². The third-order valence-corrected chi connectivity index (χ3v) is 4.60. The van der Waals surface area contributed by atoms with Gasteiger partial charge < -0.3 is 18.8 Å². The van der Waals surface area contributed by atoms with Crippen molar-refractivity contribution >= 4 is 12.6 Å². The fraction of sp³-hybridized carbons (Fsp3) is 0.812. The lowest BCUT2D eigenvalue weighted by molar-refractivity contribution is 0.00578. The van der Waals surface area contributed by atoms with Crippen molar-refractivity contribution in [2.75, 3.05) is 26.9 Å². The van der Waals surface area contributed by atoms with Crippen LogP contribution in [0.3, 0.4) is 0 Å². The van der Waals surface area contributed by atoms with Gasteiger partial charge in [0, 0.05) is 31.9 Å². The zero-order valence-electron chi connectivity index (χ0n) is 15.2. The van der Waals surface area contributed by atoms with E-state index in [4.69, 9.17) is 18.8 Å². The molecule has 0 aromatic carbocycles. The summed E-state index contributed by atoms with van der Waals surface area (Å²) in [6.07, 6.45) is 2.93. The minimum absolute atomic E-state index is 0.332. The van der Waals surface area contributed by atoms with Gasteiger partial charge in [0.25, 0.3) is 0 Å². The first-order chi connectivity index (χ1) is 10.8. The maximum atomic E-state index is 6.10. The van der Waals surface area contributed by atoms with Gasteiger partial charge in [-0.1, -0.05) is 0 Å². The number of methoxy groups -OCH3 is 1. The summed E-state index contributed by atoms with van der Waals surface area (Å²) < 4.78 is 24.6. The quantitative estimate of drug-likeness (QED) is 0.536. The Morgan fingerprint density at radius 3 is 2.39 bits per heavy atom. The Bertz CT molecular complexity index is 500. The minimum Gasteiger partial charge on any atom is -0.399 e. The highest BCUT2D eigenvalue weighted by Crippen LogP contribution is 2.36. The third-order valence-electron chi connectivity index (χ3n) is 4.60. The van der Waals surface area contributed by atoms with Crippen molar-refractivity contribution in [2.24, 2.45) is 0 Å². The van der Waals surface area contributed by atoms with Gasteiger partial charge in [0.05, 0.1) is 30.1 Å². The molecular formula is C16H29BN2O4. The summed E-state index contributed by atoms with van der Waals surface area (Å²) in [6, 6.07) is 0. The van der Waals surface area contributed by atoms with E-state index in [2.05, 4.69) is 32.8 Å². The molecule has 0 radical (unpaired) electrons. The fourth-order valence-corrected chi connectivity index (χ4v) is 2.42. The molecule has 0 amide bonds. The van der Waals surface area contributed by atoms with Gasteiger partial charge in [0.2, 0.25) is 0 Å². The fourth-order valence-electron chi connectivity index (χ4n) is 2.42. The molecule has 1 aromatic rings. The molecule has 23 heavy (non-hydrogen) atoms. The van der Waals surface area contributed by atoms with Crippen molar-refractivity contribution in [3.8, 4) is 0 Å². The van der Waals surface area contributed by atoms with E-state index < -0.39 is 0 Å². The average Bonchev–Trinajstić information content (AvgIpc) is 2.91. The van der Waals surface area contributed by atoms with Crippen LogP contribution in [0.1, 0.15) is 39.8 Å². The Kier molecular flexibility index (Phi) is 5.89. The second-order valence-electron chi connectivity index (χ2n) is 6.98. The Hall–Kier alpha value is -0.885. The van der Waals surface area contributed by atoms with Crippen molar-refractivity contribution in [1.82, 2.24) is 9.78 Å². The van der Waals surface area contributed by atoms with Gasteiger partial charge in [-0.2, -0.15) is 5.10 Å². The Labute approximate surface area is 139 Å². The van der Waals surface area contributed by atoms with Crippen LogP contribution in [0.5, 0.6) is 0 Å². The standard InChI is InChI=1S/C16H29BN2O4/c1-13-14(17-22-15(2,3)16(4,5)23-17)12-19(18-13)8-7-9-21-11-10-20-6/h12H,7-11H2,1-6H3. The maximum Gasteiger partial charge on any atom is 0.498 e. The molecule has 1 aliphatic rings. The largest absolute Gasteiger partial charge is 0.498 e. The van der Waals surface area contributed by atoms with Gasteiger partial charge in [0.1, 0.15) is 0 Å². The summed E-state index contributed by atoms with van der Waals surface area (Å²) in [5.41, 5.74) is 1.29. The van der Waals surface area contributed by atoms with E-state index in [1.165, 1.54) is 0 Å². The number of rotatable bonds is 8. The van der Waals surface area contributed by atoms with Gasteiger partial charge in [-0.05, 0) is 41.0 Å². The number of hydrogen-bond acceptors (Lipinski definition) is 5. The van der Waals surface area contributed by atoms with Gasteiger partial charge in [-0.3, -0.25) is 4.68 Å². The molecule has 0 aliphatic carbocycles. The highest BCUT2D eigenvalue weighted by molar-refractivity contribution is 6.62. The molecule has 0 N–H and O–H groups in total. The molecule has 2 heterocycles. The predicted molar refractivity (Wildman–Crippen MR) is 90.0 cm³/mol. The lowest BCUT2D eigenvalue weighted by Crippen LogP contribution is -2.41. The average molecular weight is 324 g/mol. The van der Waals surface area contributed by atoms with Gasteiger partial charge in [-0.15, -0.1) is 0 Å². The Morgan fingerprint density at radius 2 is 1.78 bits per heavy atom. The number of aryl methyl sites for hydroxylation is 2. The molecule has 2 rings (SSSR count). The summed E-state index contributed by atoms with van der Waals surface area (Å²) in [4.78, 5) is 0. The van der Waals surface area contributed by atoms with E-state index in [0.29, 0.717) is 19.8 Å². The van der Waals surface area contributed by atoms with E-state index in [1.807, 2.05) is 17.8 Å². The molecular weight excluding hydrogens is 295 g/mol. The van der Waals surface area contributed by atoms with Crippen LogP contribution in [0.15, 0.2) is 6.20 Å². The van der Waals surface area contributed by atoms with Crippen molar-refractivity contribution in [2.45, 2.75) is 58.8 Å². The van der Waals surface area contributed by atoms with Crippen molar-refractivity contribution in [3.05, 3.63) is 11.9 Å². The van der Waals surface area contributed by atoms with Crippen LogP contribution in [0.2, 0.25) is 0 Å². The highest BCUT2D eigenvalue weighted by atomic mass is 16.7. The summed E-state index contributed by atoms with van der Waals surface area (Å²) in [7, 11) is 1.32. The second kappa shape index (κ2) is 7.34. The van der Waals surface area contributed by atoms with Crippen LogP contribution in [0.25, 0.3) is 0 Å². The normalized spacial score (nSPS) is 19.5. The second-order valence-corrected chi connectivity index (χ2v) is 6.98. The molecule has 7 heteroatoms. The molecule has 6 nitrogen and oxygen atoms in total. The van der Waals surface area contributed by atoms with Crippen LogP contribution in [0.4, 0.5) is 0 Å². The summed E-state index contributed by atoms with van der Waals surface area (Å²) in [6.45, 7) is 13.0. The molecule has 0 bridgehead atoms. The first-order valence-electron chi connectivity index (χ1n) is 8.23. The molecule has 1 aromatic heterocycles. The molecule has 130 valence electrons. The zero-order chi connectivity index (χ0) is 17.1. The number of aromatic nitrogens is 2. The van der Waals surface area contributed by atoms with Crippen molar-refractivity contribution in [3.63, 3.8) is 0 Å². The van der Waals surface area contributed by atoms with Crippen molar-refractivity contribution < 1.29 is 18.8 Å². The smallest absolute Gasteiger partial charge is 0.399 e. The zero-order valence-corrected chi connectivity index (χ0v) is 15.2. The van der Waals surface area contributed by atoms with E-state index in [1.54, 1.807) is 7.11 Å². The maximum absolute atomic E-state index is 6.10. The molecule has 0 saturated carbocycles. The number of hydrogen-bond donors (Lipinski definition) is 0. The third kappa shape index (κ3) is 4.35. The molecule has 1 saturated heterocycles. The molecule has 0 atom stereocenters. The monoisotopic (exact) mass is 324 g/mol. The van der Waals surface area contributed by atoms with Crippen molar-refractivity contribution in [1.29, 1.82) is 0 Å². The van der Waals surface area contributed by atoms with Crippen LogP contribution in [0, 0.1) is 6.92 Å². The molecule has 0 spiro atoms. The summed E-state index contributed by atoms with van der Waals surface area (Å²) in [5, 5.41) is 4.56. The van der Waals surface area contributed by atoms with Gasteiger partial charge >= 0.3 is 7.12 Å². The van der Waals surface area contributed by atoms with Gasteiger partial charge in [0.15, 0.2) is 0 Å². The lowest BCUT2D eigenvalue weighted by atomic mass is 9.79. The topological polar surface area (TPSA) is 54.7 Å². The van der Waals surface area contributed by atoms with E-state index in [-0.39, 0.29) is 18.3 Å². The van der Waals surface area contributed by atoms with Gasteiger partial charge in [-0.25, -0.2) is 0 Å². The Morgan fingerprint density at radius 1 is 1.13 bits per heavy atom. The van der Waals surface area contributed by atoms with E-state index in [9.17, 15) is 0 Å². The number of nitrogens with zero attached hydrogens (tertiary/aromatic N) is 2. The van der Waals surface area contributed by atoms with Crippen LogP contribution >= 0.6 is 0 Å². The Balaban J connectivity index is 1.89. The predicted octanol–water partition coefficient (Wildman–Crippen LogP) is 1.54. The minimum atomic E-state index is -0.355. The SMILES string of the molecule is COCCOCCCn1cc(B2OC(C)(C)C(C)(C)O2)c(C)n1. The number of ether oxygens (including phenoxy) is 2. The molecule has 1 fully saturated rings. The molecule has 0 unspecified atom stereocenters. The lowest BCUT2D eigenvalue weighted by Gasteiger charge is -2.32. The molecule has 1 aliphatic heterocycles. The van der Waals surface area contributed by atoms with Crippen LogP contribution < -0.4 is 5.46 Å². The first kappa shape index (κ1) is 18.5. The van der Waals surface area contributed by atoms with E-state index in [0.717, 1.165) is 24.1 Å². The highest BCUT2D eigenvalue weighted by Gasteiger charge is 2.52.